The van der Waals surface area contributed by atoms with Crippen molar-refractivity contribution in [2.75, 3.05) is 5.73 Å². The molecule has 18 heavy (non-hydrogen) atoms. The predicted molar refractivity (Wildman–Crippen MR) is 76.1 cm³/mol. The Labute approximate surface area is 131 Å². The Hall–Kier alpha value is -0.390. The van der Waals surface area contributed by atoms with Crippen LogP contribution in [0.4, 0.5) is 5.82 Å². The third-order valence-electron chi connectivity index (χ3n) is 2.70. The number of aromatic nitrogens is 1. The van der Waals surface area contributed by atoms with Gasteiger partial charge >= 0.3 is 0 Å². The number of thiophene rings is 1. The average Bonchev–Trinajstić information content (AvgIpc) is 2.60. The van der Waals surface area contributed by atoms with E-state index in [2.05, 4.69) is 33.5 Å². The van der Waals surface area contributed by atoms with Crippen molar-refractivity contribution in [3.8, 4) is 0 Å². The van der Waals surface area contributed by atoms with Gasteiger partial charge in [-0.2, -0.15) is 0 Å². The summed E-state index contributed by atoms with van der Waals surface area (Å²) in [5, 5.41) is 0. The summed E-state index contributed by atoms with van der Waals surface area (Å²) in [4.78, 5) is 1.36. The molecular weight excluding hydrogens is 376 g/mol. The molecule has 2 nitrogen and oxygen atoms in total. The maximum Gasteiger partial charge on any atom is 0.272 e. The van der Waals surface area contributed by atoms with Gasteiger partial charge in [0.1, 0.15) is 0 Å². The number of nitrogen functional groups attached to an aromatic ring is 1. The molecule has 2 aromatic heterocycles. The molecule has 0 aliphatic heterocycles. The highest BCUT2D eigenvalue weighted by atomic mass is 79.9. The molecule has 0 bridgehead atoms. The first-order chi connectivity index (χ1) is 8.16. The SMILES string of the molecule is Cc1cc(CCC[n+]2ccccc2N)c(Br)s1.[Br-]. The number of nitrogens with two attached hydrogens (primary N) is 1. The molecule has 0 unspecified atom stereocenters. The summed E-state index contributed by atoms with van der Waals surface area (Å²) in [6.45, 7) is 3.11. The molecule has 0 atom stereocenters. The minimum Gasteiger partial charge on any atom is -1.00 e. The Morgan fingerprint density at radius 3 is 2.78 bits per heavy atom. The monoisotopic (exact) mass is 390 g/mol. The Morgan fingerprint density at radius 1 is 1.39 bits per heavy atom. The zero-order chi connectivity index (χ0) is 12.3. The van der Waals surface area contributed by atoms with E-state index in [1.54, 1.807) is 11.3 Å². The fraction of sp³-hybridized carbons (Fsp3) is 0.308. The van der Waals surface area contributed by atoms with E-state index >= 15 is 0 Å². The highest BCUT2D eigenvalue weighted by Gasteiger charge is 2.06. The number of aryl methyl sites for hydroxylation is 3. The Kier molecular flexibility index (Phi) is 6.32. The first-order valence-corrected chi connectivity index (χ1v) is 7.26. The van der Waals surface area contributed by atoms with Gasteiger partial charge in [-0.1, -0.05) is 6.07 Å². The van der Waals surface area contributed by atoms with Crippen molar-refractivity contribution in [2.45, 2.75) is 26.3 Å². The molecule has 2 aromatic rings. The van der Waals surface area contributed by atoms with Crippen LogP contribution in [0.3, 0.4) is 0 Å². The van der Waals surface area contributed by atoms with Crippen LogP contribution in [0.2, 0.25) is 0 Å². The van der Waals surface area contributed by atoms with Crippen molar-refractivity contribution in [1.82, 2.24) is 0 Å². The van der Waals surface area contributed by atoms with Crippen LogP contribution in [0.25, 0.3) is 0 Å². The van der Waals surface area contributed by atoms with E-state index in [0.717, 1.165) is 25.2 Å². The topological polar surface area (TPSA) is 29.9 Å². The van der Waals surface area contributed by atoms with Crippen LogP contribution in [-0.2, 0) is 13.0 Å². The number of hydrogen-bond acceptors (Lipinski definition) is 2. The lowest BCUT2D eigenvalue weighted by molar-refractivity contribution is -0.683. The maximum atomic E-state index is 5.89. The fourth-order valence-electron chi connectivity index (χ4n) is 1.84. The number of anilines is 1. The smallest absolute Gasteiger partial charge is 0.272 e. The van der Waals surface area contributed by atoms with Gasteiger partial charge in [-0.3, -0.25) is 5.73 Å². The van der Waals surface area contributed by atoms with Gasteiger partial charge < -0.3 is 17.0 Å². The maximum absolute atomic E-state index is 5.89. The van der Waals surface area contributed by atoms with Crippen LogP contribution >= 0.6 is 27.3 Å². The lowest BCUT2D eigenvalue weighted by Gasteiger charge is -2.02. The fourth-order valence-corrected chi connectivity index (χ4v) is 3.70. The third-order valence-corrected chi connectivity index (χ3v) is 4.58. The number of hydrogen-bond donors (Lipinski definition) is 1. The van der Waals surface area contributed by atoms with E-state index in [1.165, 1.54) is 14.2 Å². The van der Waals surface area contributed by atoms with Crippen molar-refractivity contribution in [3.05, 3.63) is 44.7 Å². The second-order valence-corrected chi connectivity index (χ2v) is 6.65. The van der Waals surface area contributed by atoms with Crippen molar-refractivity contribution in [1.29, 1.82) is 0 Å². The zero-order valence-electron chi connectivity index (χ0n) is 10.2. The zero-order valence-corrected chi connectivity index (χ0v) is 14.2. The van der Waals surface area contributed by atoms with E-state index < -0.39 is 0 Å². The third kappa shape index (κ3) is 4.07. The molecule has 98 valence electrons. The minimum absolute atomic E-state index is 0. The molecule has 2 heterocycles. The van der Waals surface area contributed by atoms with Gasteiger partial charge in [0.2, 0.25) is 0 Å². The van der Waals surface area contributed by atoms with Crippen LogP contribution in [0.15, 0.2) is 34.2 Å². The highest BCUT2D eigenvalue weighted by molar-refractivity contribution is 9.11. The van der Waals surface area contributed by atoms with E-state index in [-0.39, 0.29) is 17.0 Å². The second-order valence-electron chi connectivity index (χ2n) is 4.08. The van der Waals surface area contributed by atoms with Gasteiger partial charge in [-0.05, 0) is 53.4 Å². The molecule has 0 aromatic carbocycles. The van der Waals surface area contributed by atoms with Crippen LogP contribution in [0, 0.1) is 6.92 Å². The van der Waals surface area contributed by atoms with Crippen LogP contribution in [0.1, 0.15) is 16.9 Å². The Morgan fingerprint density at radius 2 is 2.17 bits per heavy atom. The summed E-state index contributed by atoms with van der Waals surface area (Å²) in [6, 6.07) is 8.17. The molecular formula is C13H16Br2N2S. The highest BCUT2D eigenvalue weighted by Crippen LogP contribution is 2.28. The van der Waals surface area contributed by atoms with Crippen molar-refractivity contribution in [2.24, 2.45) is 0 Å². The number of rotatable bonds is 4. The van der Waals surface area contributed by atoms with Gasteiger partial charge in [0.05, 0.1) is 16.5 Å². The van der Waals surface area contributed by atoms with Crippen LogP contribution < -0.4 is 27.3 Å². The first-order valence-electron chi connectivity index (χ1n) is 5.65. The van der Waals surface area contributed by atoms with Gasteiger partial charge in [0.25, 0.3) is 5.82 Å². The first kappa shape index (κ1) is 15.7. The Balaban J connectivity index is 0.00000162. The number of halogens is 2. The second kappa shape index (κ2) is 7.26. The van der Waals surface area contributed by atoms with E-state index in [1.807, 2.05) is 24.4 Å². The van der Waals surface area contributed by atoms with Crippen LogP contribution in [0.5, 0.6) is 0 Å². The summed E-state index contributed by atoms with van der Waals surface area (Å²) < 4.78 is 3.36. The molecule has 0 radical (unpaired) electrons. The minimum atomic E-state index is 0. The quantitative estimate of drug-likeness (QED) is 0.747. The summed E-state index contributed by atoms with van der Waals surface area (Å²) in [6.07, 6.45) is 4.23. The van der Waals surface area contributed by atoms with Crippen LogP contribution in [-0.4, -0.2) is 0 Å². The molecule has 0 spiro atoms. The lowest BCUT2D eigenvalue weighted by atomic mass is 10.2. The molecule has 0 amide bonds. The number of nitrogens with zero attached hydrogens (tertiary/aromatic N) is 1. The predicted octanol–water partition coefficient (Wildman–Crippen LogP) is 0.326. The van der Waals surface area contributed by atoms with Crippen molar-refractivity contribution >= 4 is 33.1 Å². The largest absolute Gasteiger partial charge is 1.00 e. The molecule has 2 rings (SSSR count). The molecule has 0 saturated heterocycles. The van der Waals surface area contributed by atoms with Gasteiger partial charge in [-0.15, -0.1) is 11.3 Å². The van der Waals surface area contributed by atoms with E-state index in [0.29, 0.717) is 0 Å². The van der Waals surface area contributed by atoms with Gasteiger partial charge in [-0.25, -0.2) is 4.57 Å². The van der Waals surface area contributed by atoms with Gasteiger partial charge in [0, 0.05) is 10.9 Å². The molecule has 2 N–H and O–H groups in total. The van der Waals surface area contributed by atoms with E-state index in [9.17, 15) is 0 Å². The normalized spacial score (nSPS) is 10.1. The summed E-state index contributed by atoms with van der Waals surface area (Å²) in [5.41, 5.74) is 7.29. The van der Waals surface area contributed by atoms with Crippen molar-refractivity contribution in [3.63, 3.8) is 0 Å². The molecule has 0 fully saturated rings. The molecule has 0 saturated carbocycles. The molecule has 0 aliphatic carbocycles. The molecule has 5 heteroatoms. The standard InChI is InChI=1S/C13H15BrN2S.BrH/c1-10-9-11(13(14)17-10)5-4-8-16-7-3-2-6-12(16)15;/h2-3,6-7,9,15H,4-5,8H2,1H3;1H. The summed E-state index contributed by atoms with van der Waals surface area (Å²) >= 11 is 5.41. The number of pyridine rings is 1. The lowest BCUT2D eigenvalue weighted by Crippen LogP contribution is -3.00. The Bertz CT molecular complexity index is 511. The van der Waals surface area contributed by atoms with Gasteiger partial charge in [0.15, 0.2) is 0 Å². The van der Waals surface area contributed by atoms with Crippen molar-refractivity contribution < 1.29 is 21.5 Å². The average molecular weight is 392 g/mol. The van der Waals surface area contributed by atoms with E-state index in [4.69, 9.17) is 5.73 Å². The summed E-state index contributed by atoms with van der Waals surface area (Å²) in [7, 11) is 0. The summed E-state index contributed by atoms with van der Waals surface area (Å²) in [5.74, 6) is 0.827. The molecule has 0 aliphatic rings.